The van der Waals surface area contributed by atoms with Crippen LogP contribution in [0.4, 0.5) is 0 Å². The smallest absolute Gasteiger partial charge is 0.139 e. The zero-order valence-corrected chi connectivity index (χ0v) is 31.8. The fraction of sp³-hybridized carbons (Fsp3) is 0.636. The Morgan fingerprint density at radius 1 is 0.440 bits per heavy atom. The van der Waals surface area contributed by atoms with Crippen LogP contribution in [0.5, 0.6) is 0 Å². The topological polar surface area (TPSA) is 121 Å². The Bertz CT molecular complexity index is 1170. The molecule has 0 radical (unpaired) electrons. The van der Waals surface area contributed by atoms with Gasteiger partial charge in [0, 0.05) is 0 Å². The van der Waals surface area contributed by atoms with Gasteiger partial charge in [-0.25, -0.2) is 0 Å². The van der Waals surface area contributed by atoms with Crippen molar-refractivity contribution >= 4 is 11.1 Å². The molecule has 0 bridgehead atoms. The minimum atomic E-state index is -1.94. The summed E-state index contributed by atoms with van der Waals surface area (Å²) in [7, 11) is 0. The van der Waals surface area contributed by atoms with Crippen LogP contribution in [-0.4, -0.2) is 55.1 Å². The third kappa shape index (κ3) is 14.2. The monoisotopic (exact) mass is 695 g/mol. The Kier molecular flexibility index (Phi) is 22.1. The van der Waals surface area contributed by atoms with E-state index in [1.54, 1.807) is 0 Å². The van der Waals surface area contributed by atoms with Crippen molar-refractivity contribution < 1.29 is 30.6 Å². The zero-order valence-electron chi connectivity index (χ0n) is 31.8. The van der Waals surface area contributed by atoms with Gasteiger partial charge in [-0.2, -0.15) is 0 Å². The second-order valence-corrected chi connectivity index (χ2v) is 14.2. The number of aliphatic hydroxyl groups is 6. The van der Waals surface area contributed by atoms with Crippen molar-refractivity contribution in [2.24, 2.45) is 0 Å². The number of aryl methyl sites for hydroxylation is 2. The maximum absolute atomic E-state index is 11.6. The maximum atomic E-state index is 11.6. The molecule has 0 amide bonds. The summed E-state index contributed by atoms with van der Waals surface area (Å²) in [5, 5.41) is 68.5. The van der Waals surface area contributed by atoms with Gasteiger partial charge in [0.05, 0.1) is 0 Å². The third-order valence-electron chi connectivity index (χ3n) is 10.0. The number of hydrogen-bond donors (Lipinski definition) is 6. The minimum Gasteiger partial charge on any atom is -0.509 e. The van der Waals surface area contributed by atoms with Gasteiger partial charge in [0.2, 0.25) is 0 Å². The van der Waals surface area contributed by atoms with Gasteiger partial charge in [0.25, 0.3) is 0 Å². The lowest BCUT2D eigenvalue weighted by atomic mass is 9.87. The Hall–Kier alpha value is -2.64. The molecule has 0 aliphatic rings. The van der Waals surface area contributed by atoms with Gasteiger partial charge in [-0.15, -0.1) is 0 Å². The molecular formula is C44H70O6. The Labute approximate surface area is 304 Å². The summed E-state index contributed by atoms with van der Waals surface area (Å²) in [5.74, 6) is -0.802. The van der Waals surface area contributed by atoms with Gasteiger partial charge in [0.15, 0.2) is 0 Å². The average Bonchev–Trinajstić information content (AvgIpc) is 3.14. The number of hydrogen-bond acceptors (Lipinski definition) is 6. The third-order valence-corrected chi connectivity index (χ3v) is 10.0. The van der Waals surface area contributed by atoms with E-state index in [-0.39, 0.29) is 0 Å². The molecule has 0 aliphatic heterocycles. The van der Waals surface area contributed by atoms with Crippen LogP contribution in [-0.2, 0) is 12.8 Å². The van der Waals surface area contributed by atoms with Crippen molar-refractivity contribution in [2.75, 3.05) is 0 Å². The van der Waals surface area contributed by atoms with Crippen LogP contribution in [0, 0.1) is 0 Å². The highest BCUT2D eigenvalue weighted by Crippen LogP contribution is 2.33. The van der Waals surface area contributed by atoms with Crippen molar-refractivity contribution in [3.8, 4) is 0 Å². The van der Waals surface area contributed by atoms with E-state index >= 15 is 0 Å². The molecule has 6 heteroatoms. The molecule has 6 N–H and O–H groups in total. The first-order chi connectivity index (χ1) is 24.2. The molecule has 0 saturated carbocycles. The van der Waals surface area contributed by atoms with Crippen molar-refractivity contribution in [1.29, 1.82) is 0 Å². The second kappa shape index (κ2) is 25.3. The van der Waals surface area contributed by atoms with Gasteiger partial charge in [-0.1, -0.05) is 153 Å². The fourth-order valence-corrected chi connectivity index (χ4v) is 6.86. The molecule has 0 saturated heterocycles. The first-order valence-corrected chi connectivity index (χ1v) is 20.0. The predicted molar refractivity (Wildman–Crippen MR) is 209 cm³/mol. The number of benzene rings is 2. The molecule has 282 valence electrons. The highest BCUT2D eigenvalue weighted by molar-refractivity contribution is 5.71. The van der Waals surface area contributed by atoms with Crippen LogP contribution in [0.1, 0.15) is 166 Å². The van der Waals surface area contributed by atoms with E-state index in [1.807, 2.05) is 36.4 Å². The minimum absolute atomic E-state index is 0.401. The molecule has 50 heavy (non-hydrogen) atoms. The van der Waals surface area contributed by atoms with Crippen molar-refractivity contribution in [1.82, 2.24) is 0 Å². The zero-order chi connectivity index (χ0) is 36.7. The standard InChI is InChI=1S/C44H70O6/c1-5-9-13-17-25-33-27-21-23-29-35(33)37(31-19-15-11-7-3)39(45)41(47)43(49)44(50)42(48)40(46)38(32-20-16-12-8-4)36-30-24-22-28-34(36)26-18-14-10-6-2/h21-24,27-30,41-50H,5-20,25-26,31-32H2,1-4H3/t41-,42+,43-,44-/m1/s1. The Morgan fingerprint density at radius 3 is 1.10 bits per heavy atom. The van der Waals surface area contributed by atoms with Gasteiger partial charge >= 0.3 is 0 Å². The van der Waals surface area contributed by atoms with Crippen LogP contribution in [0.15, 0.2) is 60.0 Å². The number of unbranched alkanes of at least 4 members (excludes halogenated alkanes) is 12. The highest BCUT2D eigenvalue weighted by Gasteiger charge is 2.36. The fourth-order valence-electron chi connectivity index (χ4n) is 6.86. The highest BCUT2D eigenvalue weighted by atomic mass is 16.4. The van der Waals surface area contributed by atoms with Crippen LogP contribution in [0.3, 0.4) is 0 Å². The van der Waals surface area contributed by atoms with E-state index in [2.05, 4.69) is 39.8 Å². The molecule has 2 aromatic rings. The van der Waals surface area contributed by atoms with Gasteiger partial charge < -0.3 is 30.6 Å². The van der Waals surface area contributed by atoms with Crippen LogP contribution in [0.2, 0.25) is 0 Å². The van der Waals surface area contributed by atoms with Crippen LogP contribution in [0.25, 0.3) is 11.1 Å². The van der Waals surface area contributed by atoms with E-state index in [0.717, 1.165) is 138 Å². The summed E-state index contributed by atoms with van der Waals surface area (Å²) < 4.78 is 0. The molecule has 0 heterocycles. The van der Waals surface area contributed by atoms with E-state index in [4.69, 9.17) is 0 Å². The molecule has 2 rings (SSSR count). The SMILES string of the molecule is CCCCCCC(=C(O)[C@@H](O)[C@@H](O)[C@H](O)[C@@H](O)C(O)=C(CCCCCC)c1ccccc1CCCCCC)c1ccccc1CCCCCC. The van der Waals surface area contributed by atoms with E-state index in [1.165, 1.54) is 0 Å². The summed E-state index contributed by atoms with van der Waals surface area (Å²) in [6.07, 6.45) is 11.7. The van der Waals surface area contributed by atoms with Gasteiger partial charge in [0.1, 0.15) is 35.9 Å². The van der Waals surface area contributed by atoms with Crippen molar-refractivity contribution in [3.63, 3.8) is 0 Å². The molecular weight excluding hydrogens is 624 g/mol. The lowest BCUT2D eigenvalue weighted by Gasteiger charge is -2.28. The number of allylic oxidation sites excluding steroid dienone is 2. The summed E-state index contributed by atoms with van der Waals surface area (Å²) >= 11 is 0. The molecule has 0 fully saturated rings. The maximum Gasteiger partial charge on any atom is 0.139 e. The summed E-state index contributed by atoms with van der Waals surface area (Å²) in [5.41, 5.74) is 4.93. The Balaban J connectivity index is 2.46. The molecule has 4 atom stereocenters. The Morgan fingerprint density at radius 2 is 0.760 bits per heavy atom. The lowest BCUT2D eigenvalue weighted by Crippen LogP contribution is -2.46. The molecule has 0 aliphatic carbocycles. The number of rotatable bonds is 27. The van der Waals surface area contributed by atoms with Crippen molar-refractivity contribution in [3.05, 3.63) is 82.3 Å². The quantitative estimate of drug-likeness (QED) is 0.0409. The molecule has 0 aromatic heterocycles. The lowest BCUT2D eigenvalue weighted by molar-refractivity contribution is -0.100. The normalized spacial score (nSPS) is 15.3. The summed E-state index contributed by atoms with van der Waals surface area (Å²) in [6.45, 7) is 8.64. The average molecular weight is 695 g/mol. The molecule has 0 spiro atoms. The molecule has 0 unspecified atom stereocenters. The first-order valence-electron chi connectivity index (χ1n) is 20.0. The summed E-state index contributed by atoms with van der Waals surface area (Å²) in [4.78, 5) is 0. The first kappa shape index (κ1) is 43.5. The predicted octanol–water partition coefficient (Wildman–Crippen LogP) is 10.6. The van der Waals surface area contributed by atoms with Gasteiger partial charge in [-0.3, -0.25) is 0 Å². The molecule has 2 aromatic carbocycles. The summed E-state index contributed by atoms with van der Waals surface area (Å²) in [6, 6.07) is 15.8. The van der Waals surface area contributed by atoms with Gasteiger partial charge in [-0.05, 0) is 84.8 Å². The van der Waals surface area contributed by atoms with Crippen LogP contribution >= 0.6 is 0 Å². The molecule has 6 nitrogen and oxygen atoms in total. The second-order valence-electron chi connectivity index (χ2n) is 14.2. The largest absolute Gasteiger partial charge is 0.509 e. The van der Waals surface area contributed by atoms with E-state index in [9.17, 15) is 30.6 Å². The van der Waals surface area contributed by atoms with Crippen molar-refractivity contribution in [2.45, 2.75) is 181 Å². The van der Waals surface area contributed by atoms with E-state index < -0.39 is 35.9 Å². The van der Waals surface area contributed by atoms with Crippen LogP contribution < -0.4 is 0 Å². The number of aliphatic hydroxyl groups excluding tert-OH is 6. The van der Waals surface area contributed by atoms with E-state index in [0.29, 0.717) is 24.0 Å².